The molecule has 0 aromatic carbocycles. The zero-order valence-corrected chi connectivity index (χ0v) is 20.7. The van der Waals surface area contributed by atoms with Crippen LogP contribution in [0.4, 0.5) is 4.79 Å². The molecule has 0 saturated carbocycles. The van der Waals surface area contributed by atoms with Crippen LogP contribution in [0.15, 0.2) is 4.99 Å². The molecule has 0 radical (unpaired) electrons. The van der Waals surface area contributed by atoms with Crippen molar-refractivity contribution in [1.82, 2.24) is 15.1 Å². The molecule has 2 fully saturated rings. The molecule has 2 aliphatic heterocycles. The van der Waals surface area contributed by atoms with Crippen LogP contribution in [-0.2, 0) is 9.47 Å². The lowest BCUT2D eigenvalue weighted by Crippen LogP contribution is -2.44. The Balaban J connectivity index is 0.00000392. The van der Waals surface area contributed by atoms with Crippen LogP contribution in [0.5, 0.6) is 0 Å². The summed E-state index contributed by atoms with van der Waals surface area (Å²) in [4.78, 5) is 20.9. The number of nitrogens with zero attached hydrogens (tertiary/aromatic N) is 3. The van der Waals surface area contributed by atoms with E-state index in [-0.39, 0.29) is 36.1 Å². The largest absolute Gasteiger partial charge is 0.444 e. The van der Waals surface area contributed by atoms with Gasteiger partial charge in [0.05, 0.1) is 6.61 Å². The fraction of sp³-hybridized carbons (Fsp3) is 0.900. The highest BCUT2D eigenvalue weighted by molar-refractivity contribution is 14.0. The van der Waals surface area contributed by atoms with Gasteiger partial charge in [-0.1, -0.05) is 0 Å². The highest BCUT2D eigenvalue weighted by Gasteiger charge is 2.42. The zero-order chi connectivity index (χ0) is 20.1. The Morgan fingerprint density at radius 2 is 2.07 bits per heavy atom. The standard InChI is InChI=1S/C20H38N4O3.HI/c1-16(2)24(18(25)27-19(3,4)5)11-7-10-22-17(21-6)23-12-8-20(14-23)9-13-26-15-20;/h16H,7-15H2,1-6H3,(H,21,22);1H. The van der Waals surface area contributed by atoms with E-state index in [9.17, 15) is 4.79 Å². The van der Waals surface area contributed by atoms with Crippen LogP contribution >= 0.6 is 24.0 Å². The topological polar surface area (TPSA) is 66.4 Å². The van der Waals surface area contributed by atoms with Crippen molar-refractivity contribution < 1.29 is 14.3 Å². The fourth-order valence-corrected chi connectivity index (χ4v) is 3.75. The molecule has 0 aliphatic carbocycles. The molecule has 2 rings (SSSR count). The Labute approximate surface area is 187 Å². The van der Waals surface area contributed by atoms with Gasteiger partial charge in [0.15, 0.2) is 5.96 Å². The summed E-state index contributed by atoms with van der Waals surface area (Å²) < 4.78 is 11.1. The first-order valence-corrected chi connectivity index (χ1v) is 10.2. The third kappa shape index (κ3) is 7.24. The van der Waals surface area contributed by atoms with Crippen LogP contribution < -0.4 is 5.32 Å². The van der Waals surface area contributed by atoms with Gasteiger partial charge in [-0.25, -0.2) is 4.79 Å². The third-order valence-electron chi connectivity index (χ3n) is 5.24. The molecule has 8 heteroatoms. The predicted molar refractivity (Wildman–Crippen MR) is 124 cm³/mol. The number of amides is 1. The molecular weight excluding hydrogens is 471 g/mol. The molecule has 28 heavy (non-hydrogen) atoms. The van der Waals surface area contributed by atoms with Crippen molar-refractivity contribution in [3.63, 3.8) is 0 Å². The van der Waals surface area contributed by atoms with E-state index in [4.69, 9.17) is 9.47 Å². The number of rotatable bonds is 5. The summed E-state index contributed by atoms with van der Waals surface area (Å²) >= 11 is 0. The van der Waals surface area contributed by atoms with Gasteiger partial charge < -0.3 is 24.6 Å². The quantitative estimate of drug-likeness (QED) is 0.266. The number of ether oxygens (including phenoxy) is 2. The number of aliphatic imine (C=N–C) groups is 1. The smallest absolute Gasteiger partial charge is 0.410 e. The first-order valence-electron chi connectivity index (χ1n) is 10.2. The van der Waals surface area contributed by atoms with E-state index in [0.717, 1.165) is 51.6 Å². The summed E-state index contributed by atoms with van der Waals surface area (Å²) in [5.41, 5.74) is -0.150. The number of carbonyl (C=O) groups excluding carboxylic acids is 1. The van der Waals surface area contributed by atoms with E-state index in [0.29, 0.717) is 12.0 Å². The Morgan fingerprint density at radius 1 is 1.36 bits per heavy atom. The Kier molecular flexibility index (Phi) is 9.79. The lowest BCUT2D eigenvalue weighted by molar-refractivity contribution is 0.0190. The summed E-state index contributed by atoms with van der Waals surface area (Å²) in [6, 6.07) is 0.111. The molecule has 1 unspecified atom stereocenters. The normalized spacial score (nSPS) is 22.5. The van der Waals surface area contributed by atoms with E-state index < -0.39 is 5.60 Å². The number of hydrogen-bond acceptors (Lipinski definition) is 4. The maximum atomic E-state index is 12.4. The highest BCUT2D eigenvalue weighted by Crippen LogP contribution is 2.38. The van der Waals surface area contributed by atoms with Gasteiger partial charge >= 0.3 is 6.09 Å². The highest BCUT2D eigenvalue weighted by atomic mass is 127. The van der Waals surface area contributed by atoms with Crippen molar-refractivity contribution in [2.45, 2.75) is 65.5 Å². The Bertz CT molecular complexity index is 528. The molecular formula is C20H39IN4O3. The van der Waals surface area contributed by atoms with Gasteiger partial charge in [0, 0.05) is 51.3 Å². The van der Waals surface area contributed by atoms with Crippen molar-refractivity contribution in [1.29, 1.82) is 0 Å². The molecule has 2 aliphatic rings. The van der Waals surface area contributed by atoms with Crippen LogP contribution in [0.2, 0.25) is 0 Å². The molecule has 1 amide bonds. The van der Waals surface area contributed by atoms with Crippen LogP contribution in [0.25, 0.3) is 0 Å². The molecule has 0 aromatic heterocycles. The minimum atomic E-state index is -0.472. The minimum absolute atomic E-state index is 0. The van der Waals surface area contributed by atoms with Gasteiger partial charge in [-0.05, 0) is 53.9 Å². The summed E-state index contributed by atoms with van der Waals surface area (Å²) in [7, 11) is 1.83. The van der Waals surface area contributed by atoms with Crippen LogP contribution in [0, 0.1) is 5.41 Å². The number of guanidine groups is 1. The number of halogens is 1. The average molecular weight is 510 g/mol. The monoisotopic (exact) mass is 510 g/mol. The Hall–Kier alpha value is -0.770. The van der Waals surface area contributed by atoms with Gasteiger partial charge in [0.2, 0.25) is 0 Å². The summed E-state index contributed by atoms with van der Waals surface area (Å²) in [5, 5.41) is 3.46. The molecule has 0 bridgehead atoms. The minimum Gasteiger partial charge on any atom is -0.444 e. The molecule has 2 heterocycles. The van der Waals surface area contributed by atoms with Gasteiger partial charge in [0.1, 0.15) is 5.60 Å². The lowest BCUT2D eigenvalue weighted by atomic mass is 9.87. The fourth-order valence-electron chi connectivity index (χ4n) is 3.75. The van der Waals surface area contributed by atoms with Crippen molar-refractivity contribution in [2.24, 2.45) is 10.4 Å². The van der Waals surface area contributed by atoms with Gasteiger partial charge in [0.25, 0.3) is 0 Å². The van der Waals surface area contributed by atoms with Gasteiger partial charge in [-0.3, -0.25) is 4.99 Å². The van der Waals surface area contributed by atoms with E-state index in [2.05, 4.69) is 15.2 Å². The maximum absolute atomic E-state index is 12.4. The predicted octanol–water partition coefficient (Wildman–Crippen LogP) is 3.33. The molecule has 0 aromatic rings. The molecule has 1 spiro atoms. The molecule has 2 saturated heterocycles. The lowest BCUT2D eigenvalue weighted by Gasteiger charge is -2.30. The number of hydrogen-bond donors (Lipinski definition) is 1. The maximum Gasteiger partial charge on any atom is 0.410 e. The van der Waals surface area contributed by atoms with Gasteiger partial charge in [-0.2, -0.15) is 0 Å². The third-order valence-corrected chi connectivity index (χ3v) is 5.24. The second kappa shape index (κ2) is 10.8. The Morgan fingerprint density at radius 3 is 2.61 bits per heavy atom. The van der Waals surface area contributed by atoms with Crippen LogP contribution in [0.1, 0.15) is 53.9 Å². The number of nitrogens with one attached hydrogen (secondary N) is 1. The number of carbonyl (C=O) groups is 1. The summed E-state index contributed by atoms with van der Waals surface area (Å²) in [6.45, 7) is 15.0. The summed E-state index contributed by atoms with van der Waals surface area (Å²) in [6.07, 6.45) is 2.93. The van der Waals surface area contributed by atoms with E-state index in [1.54, 1.807) is 4.90 Å². The van der Waals surface area contributed by atoms with Crippen LogP contribution in [0.3, 0.4) is 0 Å². The zero-order valence-electron chi connectivity index (χ0n) is 18.4. The van der Waals surface area contributed by atoms with Crippen molar-refractivity contribution in [3.8, 4) is 0 Å². The van der Waals surface area contributed by atoms with E-state index >= 15 is 0 Å². The molecule has 7 nitrogen and oxygen atoms in total. The van der Waals surface area contributed by atoms with Crippen molar-refractivity contribution >= 4 is 36.0 Å². The average Bonchev–Trinajstić information content (AvgIpc) is 3.19. The summed E-state index contributed by atoms with van der Waals surface area (Å²) in [5.74, 6) is 0.951. The van der Waals surface area contributed by atoms with Crippen molar-refractivity contribution in [2.75, 3.05) is 46.4 Å². The van der Waals surface area contributed by atoms with Crippen molar-refractivity contribution in [3.05, 3.63) is 0 Å². The number of likely N-dealkylation sites (tertiary alicyclic amines) is 1. The molecule has 1 N–H and O–H groups in total. The first kappa shape index (κ1) is 25.3. The second-order valence-electron chi connectivity index (χ2n) is 9.07. The van der Waals surface area contributed by atoms with Crippen LogP contribution in [-0.4, -0.2) is 79.9 Å². The van der Waals surface area contributed by atoms with E-state index in [1.165, 1.54) is 6.42 Å². The SMILES string of the molecule is CN=C(NCCCN(C(=O)OC(C)(C)C)C(C)C)N1CCC2(CCOC2)C1.I. The molecule has 1 atom stereocenters. The second-order valence-corrected chi connectivity index (χ2v) is 9.07. The molecule has 164 valence electrons. The van der Waals surface area contributed by atoms with Gasteiger partial charge in [-0.15, -0.1) is 24.0 Å². The first-order chi connectivity index (χ1) is 12.7. The van der Waals surface area contributed by atoms with E-state index in [1.807, 2.05) is 41.7 Å².